The second-order valence-corrected chi connectivity index (χ2v) is 9.53. The highest BCUT2D eigenvalue weighted by Gasteiger charge is 2.13. The zero-order valence-corrected chi connectivity index (χ0v) is 23.2. The van der Waals surface area contributed by atoms with E-state index in [2.05, 4.69) is 38.3 Å². The van der Waals surface area contributed by atoms with E-state index < -0.39 is 11.7 Å². The van der Waals surface area contributed by atoms with Crippen LogP contribution in [0.3, 0.4) is 0 Å². The summed E-state index contributed by atoms with van der Waals surface area (Å²) in [5, 5.41) is 7.42. The number of aryl methyl sites for hydroxylation is 1. The van der Waals surface area contributed by atoms with Gasteiger partial charge in [0, 0.05) is 10.9 Å². The van der Waals surface area contributed by atoms with Crippen molar-refractivity contribution in [3.05, 3.63) is 92.7 Å². The number of fused-ring (bicyclic) bond motifs is 1. The summed E-state index contributed by atoms with van der Waals surface area (Å²) >= 11 is 3.42. The number of nitrogens with zero attached hydrogens (tertiary/aromatic N) is 3. The monoisotopic (exact) mass is 594 g/mol. The van der Waals surface area contributed by atoms with Crippen LogP contribution in [-0.2, 0) is 11.2 Å². The fourth-order valence-electron chi connectivity index (χ4n) is 3.82. The van der Waals surface area contributed by atoms with Gasteiger partial charge < -0.3 is 14.8 Å². The lowest BCUT2D eigenvalue weighted by Gasteiger charge is -2.13. The number of amides is 1. The van der Waals surface area contributed by atoms with Crippen molar-refractivity contribution in [2.45, 2.75) is 33.1 Å². The van der Waals surface area contributed by atoms with Crippen LogP contribution in [0, 0.1) is 5.82 Å². The number of halogens is 2. The third-order valence-electron chi connectivity index (χ3n) is 5.73. The van der Waals surface area contributed by atoms with Gasteiger partial charge in [-0.3, -0.25) is 9.59 Å². The zero-order valence-electron chi connectivity index (χ0n) is 21.6. The Hall–Kier alpha value is -4.05. The SMILES string of the molecule is CCCCc1nc2ccc(Br)cc2c(=O)n1N=Cc1ccc(OCC(=O)Nc2ccccc2F)c(OCC)c1. The molecule has 1 aromatic heterocycles. The fraction of sp³-hybridized carbons (Fsp3) is 0.241. The highest BCUT2D eigenvalue weighted by atomic mass is 79.9. The van der Waals surface area contributed by atoms with E-state index in [4.69, 9.17) is 9.47 Å². The smallest absolute Gasteiger partial charge is 0.282 e. The largest absolute Gasteiger partial charge is 0.490 e. The van der Waals surface area contributed by atoms with Gasteiger partial charge in [0.1, 0.15) is 11.6 Å². The number of rotatable bonds is 11. The van der Waals surface area contributed by atoms with Crippen LogP contribution in [0.5, 0.6) is 11.5 Å². The summed E-state index contributed by atoms with van der Waals surface area (Å²) in [4.78, 5) is 30.3. The lowest BCUT2D eigenvalue weighted by atomic mass is 10.2. The molecule has 4 rings (SSSR count). The summed E-state index contributed by atoms with van der Waals surface area (Å²) in [7, 11) is 0. The van der Waals surface area contributed by atoms with Gasteiger partial charge in [-0.2, -0.15) is 9.78 Å². The summed E-state index contributed by atoms with van der Waals surface area (Å²) in [6, 6.07) is 16.4. The molecule has 0 aliphatic rings. The molecule has 0 saturated heterocycles. The van der Waals surface area contributed by atoms with Crippen molar-refractivity contribution >= 4 is 44.6 Å². The Morgan fingerprint density at radius 2 is 1.92 bits per heavy atom. The average Bonchev–Trinajstić information content (AvgIpc) is 2.93. The highest BCUT2D eigenvalue weighted by molar-refractivity contribution is 9.10. The van der Waals surface area contributed by atoms with Gasteiger partial charge in [0.2, 0.25) is 0 Å². The number of hydrogen-bond donors (Lipinski definition) is 1. The van der Waals surface area contributed by atoms with Gasteiger partial charge in [-0.25, -0.2) is 9.37 Å². The minimum absolute atomic E-state index is 0.0757. The van der Waals surface area contributed by atoms with E-state index in [-0.39, 0.29) is 17.9 Å². The third-order valence-corrected chi connectivity index (χ3v) is 6.22. The second kappa shape index (κ2) is 13.1. The Morgan fingerprint density at radius 1 is 1.10 bits per heavy atom. The number of aromatic nitrogens is 2. The van der Waals surface area contributed by atoms with Crippen molar-refractivity contribution in [3.8, 4) is 11.5 Å². The number of anilines is 1. The first-order valence-corrected chi connectivity index (χ1v) is 13.4. The van der Waals surface area contributed by atoms with Crippen LogP contribution in [0.2, 0.25) is 0 Å². The summed E-state index contributed by atoms with van der Waals surface area (Å²) in [5.74, 6) is 0.284. The number of carbonyl (C=O) groups excluding carboxylic acids is 1. The van der Waals surface area contributed by atoms with Crippen LogP contribution >= 0.6 is 15.9 Å². The van der Waals surface area contributed by atoms with Gasteiger partial charge in [-0.15, -0.1) is 0 Å². The maximum atomic E-state index is 13.8. The number of nitrogens with one attached hydrogen (secondary N) is 1. The van der Waals surface area contributed by atoms with Gasteiger partial charge in [0.25, 0.3) is 11.5 Å². The van der Waals surface area contributed by atoms with E-state index in [1.807, 2.05) is 19.1 Å². The molecule has 0 aliphatic carbocycles. The Kier molecular flexibility index (Phi) is 9.43. The Balaban J connectivity index is 1.56. The first-order valence-electron chi connectivity index (χ1n) is 12.6. The Morgan fingerprint density at radius 3 is 2.69 bits per heavy atom. The number of ether oxygens (including phenoxy) is 2. The molecule has 3 aromatic carbocycles. The van der Waals surface area contributed by atoms with Crippen LogP contribution < -0.4 is 20.3 Å². The Labute approximate surface area is 233 Å². The highest BCUT2D eigenvalue weighted by Crippen LogP contribution is 2.28. The molecule has 1 amide bonds. The molecule has 0 aliphatic heterocycles. The van der Waals surface area contributed by atoms with Crippen LogP contribution in [-0.4, -0.2) is 35.0 Å². The molecule has 0 unspecified atom stereocenters. The molecule has 4 aromatic rings. The summed E-state index contributed by atoms with van der Waals surface area (Å²) in [6.07, 6.45) is 3.99. The molecule has 0 spiro atoms. The van der Waals surface area contributed by atoms with Crippen LogP contribution in [0.1, 0.15) is 38.1 Å². The molecule has 1 heterocycles. The normalized spacial score (nSPS) is 11.2. The summed E-state index contributed by atoms with van der Waals surface area (Å²) < 4.78 is 27.3. The van der Waals surface area contributed by atoms with Crippen LogP contribution in [0.15, 0.2) is 75.0 Å². The van der Waals surface area contributed by atoms with Gasteiger partial charge in [-0.1, -0.05) is 41.4 Å². The first kappa shape index (κ1) is 28.0. The molecule has 39 heavy (non-hydrogen) atoms. The van der Waals surface area contributed by atoms with E-state index in [9.17, 15) is 14.0 Å². The minimum Gasteiger partial charge on any atom is -0.490 e. The lowest BCUT2D eigenvalue weighted by Crippen LogP contribution is -2.22. The van der Waals surface area contributed by atoms with E-state index >= 15 is 0 Å². The van der Waals surface area contributed by atoms with E-state index in [0.717, 1.165) is 17.3 Å². The molecular weight excluding hydrogens is 567 g/mol. The first-order chi connectivity index (χ1) is 18.9. The lowest BCUT2D eigenvalue weighted by molar-refractivity contribution is -0.118. The molecule has 0 radical (unpaired) electrons. The maximum Gasteiger partial charge on any atom is 0.282 e. The molecular formula is C29H28BrFN4O4. The number of carbonyl (C=O) groups is 1. The zero-order chi connectivity index (χ0) is 27.8. The van der Waals surface area contributed by atoms with E-state index in [1.165, 1.54) is 16.8 Å². The molecule has 0 bridgehead atoms. The minimum atomic E-state index is -0.532. The number of para-hydroxylation sites is 1. The van der Waals surface area contributed by atoms with Crippen molar-refractivity contribution in [2.75, 3.05) is 18.5 Å². The molecule has 10 heteroatoms. The van der Waals surface area contributed by atoms with E-state index in [1.54, 1.807) is 42.6 Å². The molecule has 0 atom stereocenters. The summed E-state index contributed by atoms with van der Waals surface area (Å²) in [5.41, 5.74) is 1.10. The van der Waals surface area contributed by atoms with Gasteiger partial charge >= 0.3 is 0 Å². The molecule has 0 fully saturated rings. The molecule has 8 nitrogen and oxygen atoms in total. The number of benzene rings is 3. The van der Waals surface area contributed by atoms with Gasteiger partial charge in [0.05, 0.1) is 29.4 Å². The van der Waals surface area contributed by atoms with Crippen LogP contribution in [0.25, 0.3) is 10.9 Å². The number of unbranched alkanes of at least 4 members (excludes halogenated alkanes) is 1. The van der Waals surface area contributed by atoms with Gasteiger partial charge in [-0.05, 0) is 67.4 Å². The molecule has 0 saturated carbocycles. The van der Waals surface area contributed by atoms with Crippen molar-refractivity contribution < 1.29 is 18.7 Å². The third kappa shape index (κ3) is 7.08. The maximum absolute atomic E-state index is 13.8. The standard InChI is InChI=1S/C29H28BrFN4O4/c1-3-5-10-27-33-23-13-12-20(30)16-21(23)29(37)35(27)32-17-19-11-14-25(26(15-19)38-4-2)39-18-28(36)34-24-9-7-6-8-22(24)31/h6-9,11-17H,3-5,10,18H2,1-2H3,(H,34,36). The fourth-order valence-corrected chi connectivity index (χ4v) is 4.18. The predicted molar refractivity (Wildman–Crippen MR) is 153 cm³/mol. The van der Waals surface area contributed by atoms with Crippen molar-refractivity contribution in [2.24, 2.45) is 5.10 Å². The topological polar surface area (TPSA) is 94.8 Å². The van der Waals surface area contributed by atoms with Crippen molar-refractivity contribution in [1.29, 1.82) is 0 Å². The quantitative estimate of drug-likeness (QED) is 0.217. The van der Waals surface area contributed by atoms with Crippen molar-refractivity contribution in [3.63, 3.8) is 0 Å². The molecule has 202 valence electrons. The molecule has 1 N–H and O–H groups in total. The average molecular weight is 595 g/mol. The van der Waals surface area contributed by atoms with Gasteiger partial charge in [0.15, 0.2) is 18.1 Å². The predicted octanol–water partition coefficient (Wildman–Crippen LogP) is 5.94. The van der Waals surface area contributed by atoms with Crippen molar-refractivity contribution in [1.82, 2.24) is 9.66 Å². The van der Waals surface area contributed by atoms with E-state index in [0.29, 0.717) is 46.8 Å². The second-order valence-electron chi connectivity index (χ2n) is 8.61. The van der Waals surface area contributed by atoms with Crippen LogP contribution in [0.4, 0.5) is 10.1 Å². The number of hydrogen-bond acceptors (Lipinski definition) is 6. The Bertz CT molecular complexity index is 1570. The summed E-state index contributed by atoms with van der Waals surface area (Å²) in [6.45, 7) is 3.93.